The van der Waals surface area contributed by atoms with Gasteiger partial charge >= 0.3 is 0 Å². The molecule has 1 aliphatic rings. The summed E-state index contributed by atoms with van der Waals surface area (Å²) in [6.45, 7) is 0.419. The highest BCUT2D eigenvalue weighted by Gasteiger charge is 2.44. The first-order valence-electron chi connectivity index (χ1n) is 7.85. The fraction of sp³-hybridized carbons (Fsp3) is 0.278. The SMILES string of the molecule is OC(CNc1ncnc2ncccc12)(c1ccccc1)C1CC1. The van der Waals surface area contributed by atoms with Crippen LogP contribution in [-0.2, 0) is 5.60 Å². The van der Waals surface area contributed by atoms with E-state index in [0.29, 0.717) is 23.9 Å². The molecule has 116 valence electrons. The topological polar surface area (TPSA) is 70.9 Å². The van der Waals surface area contributed by atoms with Crippen LogP contribution >= 0.6 is 0 Å². The van der Waals surface area contributed by atoms with Crippen LogP contribution in [0.3, 0.4) is 0 Å². The van der Waals surface area contributed by atoms with E-state index in [4.69, 9.17) is 0 Å². The molecular formula is C18H18N4O. The largest absolute Gasteiger partial charge is 0.383 e. The van der Waals surface area contributed by atoms with Crippen molar-refractivity contribution in [1.29, 1.82) is 0 Å². The maximum atomic E-state index is 11.2. The van der Waals surface area contributed by atoms with Gasteiger partial charge in [-0.3, -0.25) is 0 Å². The lowest BCUT2D eigenvalue weighted by atomic mass is 9.88. The molecule has 5 nitrogen and oxygen atoms in total. The molecule has 1 aliphatic carbocycles. The number of nitrogens with zero attached hydrogens (tertiary/aromatic N) is 3. The Labute approximate surface area is 134 Å². The average Bonchev–Trinajstić information content (AvgIpc) is 3.46. The molecule has 1 atom stereocenters. The van der Waals surface area contributed by atoms with E-state index < -0.39 is 5.60 Å². The molecule has 23 heavy (non-hydrogen) atoms. The number of hydrogen-bond donors (Lipinski definition) is 2. The minimum absolute atomic E-state index is 0.295. The van der Waals surface area contributed by atoms with Crippen molar-refractivity contribution < 1.29 is 5.11 Å². The molecule has 1 fully saturated rings. The van der Waals surface area contributed by atoms with Gasteiger partial charge in [0, 0.05) is 12.7 Å². The molecular weight excluding hydrogens is 288 g/mol. The van der Waals surface area contributed by atoms with E-state index in [2.05, 4.69) is 20.3 Å². The summed E-state index contributed by atoms with van der Waals surface area (Å²) in [6, 6.07) is 13.7. The third-order valence-corrected chi connectivity index (χ3v) is 4.46. The third kappa shape index (κ3) is 2.64. The number of benzene rings is 1. The quantitative estimate of drug-likeness (QED) is 0.758. The molecule has 0 bridgehead atoms. The molecule has 5 heteroatoms. The molecule has 1 aromatic carbocycles. The second-order valence-corrected chi connectivity index (χ2v) is 6.01. The van der Waals surface area contributed by atoms with Crippen molar-refractivity contribution in [1.82, 2.24) is 15.0 Å². The zero-order chi connectivity index (χ0) is 15.7. The van der Waals surface area contributed by atoms with E-state index in [1.165, 1.54) is 6.33 Å². The van der Waals surface area contributed by atoms with Crippen LogP contribution in [0.25, 0.3) is 11.0 Å². The molecule has 1 unspecified atom stereocenters. The first-order valence-corrected chi connectivity index (χ1v) is 7.85. The molecule has 0 saturated heterocycles. The van der Waals surface area contributed by atoms with Crippen LogP contribution in [0, 0.1) is 5.92 Å². The second kappa shape index (κ2) is 5.59. The molecule has 2 aromatic heterocycles. The van der Waals surface area contributed by atoms with E-state index >= 15 is 0 Å². The van der Waals surface area contributed by atoms with Gasteiger partial charge in [-0.05, 0) is 36.5 Å². The molecule has 4 rings (SSSR count). The van der Waals surface area contributed by atoms with Crippen molar-refractivity contribution >= 4 is 16.9 Å². The number of hydrogen-bond acceptors (Lipinski definition) is 5. The number of aliphatic hydroxyl groups is 1. The first kappa shape index (κ1) is 14.1. The van der Waals surface area contributed by atoms with Gasteiger partial charge in [-0.15, -0.1) is 0 Å². The highest BCUT2D eigenvalue weighted by Crippen LogP contribution is 2.45. The highest BCUT2D eigenvalue weighted by atomic mass is 16.3. The van der Waals surface area contributed by atoms with Crippen LogP contribution in [0.5, 0.6) is 0 Å². The number of nitrogens with one attached hydrogen (secondary N) is 1. The summed E-state index contributed by atoms with van der Waals surface area (Å²) in [5.74, 6) is 1.00. The Bertz CT molecular complexity index is 814. The van der Waals surface area contributed by atoms with E-state index in [9.17, 15) is 5.11 Å². The Morgan fingerprint density at radius 3 is 2.65 bits per heavy atom. The van der Waals surface area contributed by atoms with Crippen LogP contribution in [0.1, 0.15) is 18.4 Å². The molecule has 0 spiro atoms. The van der Waals surface area contributed by atoms with Gasteiger partial charge in [0.05, 0.1) is 5.39 Å². The standard InChI is InChI=1S/C18H18N4O/c23-18(14-8-9-14,13-5-2-1-3-6-13)11-20-17-15-7-4-10-19-16(15)21-12-22-17/h1-7,10,12,14,23H,8-9,11H2,(H,19,20,21,22). The number of anilines is 1. The van der Waals surface area contributed by atoms with Gasteiger partial charge in [-0.1, -0.05) is 30.3 Å². The number of aromatic nitrogens is 3. The Kier molecular flexibility index (Phi) is 3.42. The lowest BCUT2D eigenvalue weighted by molar-refractivity contribution is 0.0266. The maximum absolute atomic E-state index is 11.2. The Morgan fingerprint density at radius 1 is 1.04 bits per heavy atom. The number of fused-ring (bicyclic) bond motifs is 1. The van der Waals surface area contributed by atoms with E-state index in [1.807, 2.05) is 42.5 Å². The normalized spacial score (nSPS) is 16.9. The lowest BCUT2D eigenvalue weighted by Gasteiger charge is -2.29. The smallest absolute Gasteiger partial charge is 0.164 e. The lowest BCUT2D eigenvalue weighted by Crippen LogP contribution is -2.36. The molecule has 3 aromatic rings. The summed E-state index contributed by atoms with van der Waals surface area (Å²) in [4.78, 5) is 12.7. The summed E-state index contributed by atoms with van der Waals surface area (Å²) in [6.07, 6.45) is 5.32. The number of pyridine rings is 1. The van der Waals surface area contributed by atoms with Crippen LogP contribution < -0.4 is 5.32 Å². The van der Waals surface area contributed by atoms with Gasteiger partial charge in [-0.25, -0.2) is 15.0 Å². The van der Waals surface area contributed by atoms with Gasteiger partial charge < -0.3 is 10.4 Å². The zero-order valence-electron chi connectivity index (χ0n) is 12.7. The molecule has 0 aliphatic heterocycles. The highest BCUT2D eigenvalue weighted by molar-refractivity contribution is 5.85. The van der Waals surface area contributed by atoms with Crippen LogP contribution in [0.4, 0.5) is 5.82 Å². The molecule has 0 amide bonds. The van der Waals surface area contributed by atoms with Crippen LogP contribution in [0.15, 0.2) is 55.0 Å². The fourth-order valence-electron chi connectivity index (χ4n) is 3.02. The third-order valence-electron chi connectivity index (χ3n) is 4.46. The minimum atomic E-state index is -0.874. The summed E-state index contributed by atoms with van der Waals surface area (Å²) in [5, 5.41) is 15.4. The molecule has 1 saturated carbocycles. The van der Waals surface area contributed by atoms with Crippen molar-refractivity contribution in [2.45, 2.75) is 18.4 Å². The predicted octanol–water partition coefficient (Wildman–Crippen LogP) is 2.73. The minimum Gasteiger partial charge on any atom is -0.383 e. The van der Waals surface area contributed by atoms with Crippen LogP contribution in [-0.4, -0.2) is 26.6 Å². The summed E-state index contributed by atoms with van der Waals surface area (Å²) < 4.78 is 0. The molecule has 2 heterocycles. The van der Waals surface area contributed by atoms with Gasteiger partial charge in [0.1, 0.15) is 17.7 Å². The van der Waals surface area contributed by atoms with Crippen molar-refractivity contribution in [3.8, 4) is 0 Å². The predicted molar refractivity (Wildman–Crippen MR) is 88.9 cm³/mol. The van der Waals surface area contributed by atoms with E-state index in [0.717, 1.165) is 23.8 Å². The summed E-state index contributed by atoms with van der Waals surface area (Å²) in [5.41, 5.74) is 0.729. The Morgan fingerprint density at radius 2 is 1.87 bits per heavy atom. The molecule has 0 radical (unpaired) electrons. The van der Waals surface area contributed by atoms with Crippen molar-refractivity contribution in [3.05, 3.63) is 60.6 Å². The van der Waals surface area contributed by atoms with Gasteiger partial charge in [0.2, 0.25) is 0 Å². The van der Waals surface area contributed by atoms with Gasteiger partial charge in [0.15, 0.2) is 5.65 Å². The average molecular weight is 306 g/mol. The monoisotopic (exact) mass is 306 g/mol. The zero-order valence-corrected chi connectivity index (χ0v) is 12.7. The Balaban J connectivity index is 1.63. The van der Waals surface area contributed by atoms with Crippen molar-refractivity contribution in [3.63, 3.8) is 0 Å². The van der Waals surface area contributed by atoms with Gasteiger partial charge in [-0.2, -0.15) is 0 Å². The second-order valence-electron chi connectivity index (χ2n) is 6.01. The summed E-state index contributed by atoms with van der Waals surface area (Å²) >= 11 is 0. The van der Waals surface area contributed by atoms with Crippen molar-refractivity contribution in [2.24, 2.45) is 5.92 Å². The fourth-order valence-corrected chi connectivity index (χ4v) is 3.02. The summed E-state index contributed by atoms with van der Waals surface area (Å²) in [7, 11) is 0. The maximum Gasteiger partial charge on any atom is 0.164 e. The van der Waals surface area contributed by atoms with E-state index in [1.54, 1.807) is 6.20 Å². The van der Waals surface area contributed by atoms with E-state index in [-0.39, 0.29) is 0 Å². The number of rotatable bonds is 5. The van der Waals surface area contributed by atoms with Crippen LogP contribution in [0.2, 0.25) is 0 Å². The van der Waals surface area contributed by atoms with Gasteiger partial charge in [0.25, 0.3) is 0 Å². The van der Waals surface area contributed by atoms with Crippen molar-refractivity contribution in [2.75, 3.05) is 11.9 Å². The first-order chi connectivity index (χ1) is 11.3. The molecule has 2 N–H and O–H groups in total. The Hall–Kier alpha value is -2.53.